The smallest absolute Gasteiger partial charge is 0.195 e. The van der Waals surface area contributed by atoms with Crippen LogP contribution in [0.2, 0.25) is 0 Å². The zero-order valence-electron chi connectivity index (χ0n) is 19.8. The maximum absolute atomic E-state index is 5.03. The molecule has 1 aliphatic heterocycles. The fraction of sp³-hybridized carbons (Fsp3) is 0.429. The second kappa shape index (κ2) is 10.1. The highest BCUT2D eigenvalue weighted by molar-refractivity contribution is 7.10. The molecule has 0 atom stereocenters. The highest BCUT2D eigenvalue weighted by Gasteiger charge is 2.13. The van der Waals surface area contributed by atoms with Crippen molar-refractivity contribution in [2.75, 3.05) is 18.4 Å². The number of benzene rings is 2. The van der Waals surface area contributed by atoms with Gasteiger partial charge in [-0.3, -0.25) is 4.99 Å². The number of nitrogens with zero attached hydrogens (tertiary/aromatic N) is 2. The van der Waals surface area contributed by atoms with E-state index in [1.165, 1.54) is 71.3 Å². The highest BCUT2D eigenvalue weighted by Crippen LogP contribution is 2.29. The van der Waals surface area contributed by atoms with E-state index in [2.05, 4.69) is 65.2 Å². The van der Waals surface area contributed by atoms with Gasteiger partial charge in [-0.25, -0.2) is 4.98 Å². The number of anilines is 1. The molecule has 172 valence electrons. The summed E-state index contributed by atoms with van der Waals surface area (Å²) >= 11 is 1.78. The number of thiazole rings is 1. The summed E-state index contributed by atoms with van der Waals surface area (Å²) in [5.41, 5.74) is 10.5. The molecule has 0 saturated heterocycles. The van der Waals surface area contributed by atoms with Crippen LogP contribution in [-0.2, 0) is 19.3 Å². The summed E-state index contributed by atoms with van der Waals surface area (Å²) in [6, 6.07) is 11.6. The highest BCUT2D eigenvalue weighted by atomic mass is 32.1. The third-order valence-corrected chi connectivity index (χ3v) is 7.72. The molecule has 0 spiro atoms. The van der Waals surface area contributed by atoms with E-state index in [9.17, 15) is 0 Å². The zero-order valence-corrected chi connectivity index (χ0v) is 20.7. The zero-order chi connectivity index (χ0) is 22.6. The van der Waals surface area contributed by atoms with Crippen LogP contribution >= 0.6 is 11.3 Å². The second-order valence-corrected chi connectivity index (χ2v) is 10.4. The van der Waals surface area contributed by atoms with Gasteiger partial charge in [-0.05, 0) is 85.9 Å². The molecule has 2 heterocycles. The Morgan fingerprint density at radius 2 is 1.79 bits per heavy atom. The molecular weight excluding hydrogens is 424 g/mol. The third-order valence-electron chi connectivity index (χ3n) is 6.87. The van der Waals surface area contributed by atoms with Gasteiger partial charge in [-0.2, -0.15) is 0 Å². The van der Waals surface area contributed by atoms with Gasteiger partial charge in [0.25, 0.3) is 0 Å². The molecule has 0 bridgehead atoms. The maximum atomic E-state index is 5.03. The van der Waals surface area contributed by atoms with Crippen LogP contribution in [0.15, 0.2) is 40.7 Å². The Morgan fingerprint density at radius 1 is 0.939 bits per heavy atom. The van der Waals surface area contributed by atoms with Crippen molar-refractivity contribution in [2.24, 2.45) is 4.99 Å². The van der Waals surface area contributed by atoms with E-state index in [0.29, 0.717) is 0 Å². The van der Waals surface area contributed by atoms with Gasteiger partial charge in [0, 0.05) is 36.1 Å². The quantitative estimate of drug-likeness (QED) is 0.473. The van der Waals surface area contributed by atoms with Gasteiger partial charge in [0.2, 0.25) is 0 Å². The van der Waals surface area contributed by atoms with Crippen molar-refractivity contribution in [1.29, 1.82) is 0 Å². The summed E-state index contributed by atoms with van der Waals surface area (Å²) in [6.45, 7) is 6.24. The number of aryl methyl sites for hydroxylation is 4. The van der Waals surface area contributed by atoms with Crippen molar-refractivity contribution in [3.05, 3.63) is 68.5 Å². The van der Waals surface area contributed by atoms with E-state index in [4.69, 9.17) is 4.98 Å². The molecule has 0 amide bonds. The largest absolute Gasteiger partial charge is 0.356 e. The van der Waals surface area contributed by atoms with Crippen LogP contribution in [0.25, 0.3) is 11.3 Å². The molecule has 1 aliphatic carbocycles. The fourth-order valence-electron chi connectivity index (χ4n) is 4.88. The van der Waals surface area contributed by atoms with Crippen molar-refractivity contribution >= 4 is 23.0 Å². The topological polar surface area (TPSA) is 49.3 Å². The van der Waals surface area contributed by atoms with Crippen LogP contribution in [0.1, 0.15) is 64.9 Å². The minimum Gasteiger partial charge on any atom is -0.356 e. The molecule has 1 aromatic heterocycles. The van der Waals surface area contributed by atoms with Crippen molar-refractivity contribution in [3.8, 4) is 11.3 Å². The summed E-state index contributed by atoms with van der Waals surface area (Å²) in [5, 5.41) is 10.2. The first-order chi connectivity index (χ1) is 16.2. The van der Waals surface area contributed by atoms with Gasteiger partial charge in [0.1, 0.15) is 0 Å². The summed E-state index contributed by atoms with van der Waals surface area (Å²) in [7, 11) is 0. The average Bonchev–Trinajstić information content (AvgIpc) is 3.27. The first kappa shape index (κ1) is 22.1. The first-order valence-electron chi connectivity index (χ1n) is 12.4. The Bertz CT molecular complexity index is 1160. The molecular formula is C28H34N4S. The summed E-state index contributed by atoms with van der Waals surface area (Å²) in [5.74, 6) is 0.887. The van der Waals surface area contributed by atoms with Crippen molar-refractivity contribution < 1.29 is 0 Å². The average molecular weight is 459 g/mol. The normalized spacial score (nSPS) is 16.2. The molecule has 3 aromatic rings. The van der Waals surface area contributed by atoms with E-state index in [1.807, 2.05) is 0 Å². The van der Waals surface area contributed by atoms with Gasteiger partial charge in [-0.15, -0.1) is 11.3 Å². The predicted molar refractivity (Wildman–Crippen MR) is 141 cm³/mol. The third kappa shape index (κ3) is 5.30. The van der Waals surface area contributed by atoms with Gasteiger partial charge in [0.05, 0.1) is 10.7 Å². The Kier molecular flexibility index (Phi) is 6.77. The molecule has 2 aromatic carbocycles. The number of aliphatic imine (C=N–C) groups is 1. The number of aromatic nitrogens is 1. The summed E-state index contributed by atoms with van der Waals surface area (Å²) < 4.78 is 0. The lowest BCUT2D eigenvalue weighted by molar-refractivity contribution is 0.617. The van der Waals surface area contributed by atoms with Crippen LogP contribution in [0.3, 0.4) is 0 Å². The first-order valence-corrected chi connectivity index (χ1v) is 13.3. The van der Waals surface area contributed by atoms with Crippen LogP contribution in [-0.4, -0.2) is 24.0 Å². The van der Waals surface area contributed by atoms with Gasteiger partial charge >= 0.3 is 0 Å². The summed E-state index contributed by atoms with van der Waals surface area (Å²) in [6.07, 6.45) is 9.79. The molecule has 0 fully saturated rings. The molecule has 2 N–H and O–H groups in total. The molecule has 0 radical (unpaired) electrons. The molecule has 5 heteroatoms. The van der Waals surface area contributed by atoms with Gasteiger partial charge < -0.3 is 10.6 Å². The number of nitrogens with one attached hydrogen (secondary N) is 2. The van der Waals surface area contributed by atoms with Crippen molar-refractivity contribution in [3.63, 3.8) is 0 Å². The van der Waals surface area contributed by atoms with Gasteiger partial charge in [-0.1, -0.05) is 31.0 Å². The maximum Gasteiger partial charge on any atom is 0.195 e. The Labute approximate surface area is 201 Å². The molecule has 0 unspecified atom stereocenters. The standard InChI is InChI=1S/C28H34N4S/c1-19-15-25(32-28-29-12-7-13-30-28)20(2)14-24(19)17-27-31-26(18-33-27)23-11-10-21-8-5-3-4-6-9-22(21)16-23/h10-11,14-16,18H,3-9,12-13,17H2,1-2H3,(H2,29,30,32). The predicted octanol–water partition coefficient (Wildman–Crippen LogP) is 6.44. The van der Waals surface area contributed by atoms with Crippen LogP contribution < -0.4 is 10.6 Å². The molecule has 0 saturated carbocycles. The monoisotopic (exact) mass is 458 g/mol. The van der Waals surface area contributed by atoms with E-state index in [0.717, 1.165) is 43.3 Å². The minimum absolute atomic E-state index is 0.877. The Morgan fingerprint density at radius 3 is 2.61 bits per heavy atom. The van der Waals surface area contributed by atoms with E-state index in [1.54, 1.807) is 16.9 Å². The lowest BCUT2D eigenvalue weighted by atomic mass is 9.91. The molecule has 5 rings (SSSR count). The Balaban J connectivity index is 1.32. The van der Waals surface area contributed by atoms with E-state index < -0.39 is 0 Å². The van der Waals surface area contributed by atoms with Crippen LogP contribution in [0.4, 0.5) is 5.69 Å². The SMILES string of the molecule is Cc1cc(NC2=NCCCN2)c(C)cc1Cc1nc(-c2ccc3c(c2)CCCCCC3)cs1. The Hall–Kier alpha value is -2.66. The number of hydrogen-bond donors (Lipinski definition) is 2. The molecule has 2 aliphatic rings. The second-order valence-electron chi connectivity index (χ2n) is 9.43. The lowest BCUT2D eigenvalue weighted by Gasteiger charge is -2.18. The number of fused-ring (bicyclic) bond motifs is 1. The van der Waals surface area contributed by atoms with Crippen LogP contribution in [0.5, 0.6) is 0 Å². The number of guanidine groups is 1. The summed E-state index contributed by atoms with van der Waals surface area (Å²) in [4.78, 5) is 9.57. The van der Waals surface area contributed by atoms with Crippen LogP contribution in [0, 0.1) is 13.8 Å². The minimum atomic E-state index is 0.877. The van der Waals surface area contributed by atoms with E-state index >= 15 is 0 Å². The molecule has 33 heavy (non-hydrogen) atoms. The number of rotatable bonds is 4. The fourth-order valence-corrected chi connectivity index (χ4v) is 5.71. The lowest BCUT2D eigenvalue weighted by Crippen LogP contribution is -2.35. The van der Waals surface area contributed by atoms with Crippen molar-refractivity contribution in [1.82, 2.24) is 10.3 Å². The molecule has 4 nitrogen and oxygen atoms in total. The number of hydrogen-bond acceptors (Lipinski definition) is 5. The van der Waals surface area contributed by atoms with E-state index in [-0.39, 0.29) is 0 Å². The van der Waals surface area contributed by atoms with Gasteiger partial charge in [0.15, 0.2) is 5.96 Å². The van der Waals surface area contributed by atoms with Crippen molar-refractivity contribution in [2.45, 2.75) is 65.2 Å².